The SMILES string of the molecule is CC(=O)N1CCc2cc(S(=O)(=O)CCC(=O)Nc3ccc(Br)cc3F)ccc21. The van der Waals surface area contributed by atoms with Gasteiger partial charge < -0.3 is 10.2 Å². The van der Waals surface area contributed by atoms with E-state index in [1.165, 1.54) is 25.1 Å². The number of amides is 2. The van der Waals surface area contributed by atoms with Crippen LogP contribution in [0.5, 0.6) is 0 Å². The Morgan fingerprint density at radius 1 is 1.21 bits per heavy atom. The van der Waals surface area contributed by atoms with E-state index in [0.29, 0.717) is 17.4 Å². The minimum Gasteiger partial charge on any atom is -0.324 e. The van der Waals surface area contributed by atoms with Crippen molar-refractivity contribution in [2.24, 2.45) is 0 Å². The summed E-state index contributed by atoms with van der Waals surface area (Å²) >= 11 is 3.12. The van der Waals surface area contributed by atoms with Crippen molar-refractivity contribution >= 4 is 49.0 Å². The number of carbonyl (C=O) groups is 2. The Kier molecular flexibility index (Phi) is 5.85. The highest BCUT2D eigenvalue weighted by atomic mass is 79.9. The molecule has 2 aromatic carbocycles. The molecule has 28 heavy (non-hydrogen) atoms. The van der Waals surface area contributed by atoms with Crippen molar-refractivity contribution in [3.8, 4) is 0 Å². The molecule has 0 radical (unpaired) electrons. The molecule has 0 bridgehead atoms. The van der Waals surface area contributed by atoms with Crippen LogP contribution in [0.15, 0.2) is 45.8 Å². The van der Waals surface area contributed by atoms with E-state index in [2.05, 4.69) is 21.2 Å². The van der Waals surface area contributed by atoms with Crippen LogP contribution >= 0.6 is 15.9 Å². The van der Waals surface area contributed by atoms with E-state index in [-0.39, 0.29) is 22.9 Å². The molecular weight excluding hydrogens is 451 g/mol. The van der Waals surface area contributed by atoms with Gasteiger partial charge in [0, 0.05) is 30.0 Å². The molecule has 1 heterocycles. The predicted octanol–water partition coefficient (Wildman–Crippen LogP) is 3.30. The van der Waals surface area contributed by atoms with Gasteiger partial charge in [-0.05, 0) is 48.4 Å². The fourth-order valence-electron chi connectivity index (χ4n) is 3.05. The van der Waals surface area contributed by atoms with Gasteiger partial charge in [-0.3, -0.25) is 9.59 Å². The summed E-state index contributed by atoms with van der Waals surface area (Å²) in [6.45, 7) is 1.99. The molecule has 0 spiro atoms. The van der Waals surface area contributed by atoms with Crippen LogP contribution in [0, 0.1) is 5.82 Å². The minimum atomic E-state index is -3.69. The Hall–Kier alpha value is -2.26. The van der Waals surface area contributed by atoms with Gasteiger partial charge in [0.1, 0.15) is 5.82 Å². The van der Waals surface area contributed by atoms with Crippen LogP contribution in [0.2, 0.25) is 0 Å². The molecule has 0 aliphatic carbocycles. The number of sulfone groups is 1. The fraction of sp³-hybridized carbons (Fsp3) is 0.263. The second-order valence-electron chi connectivity index (χ2n) is 6.45. The van der Waals surface area contributed by atoms with Crippen molar-refractivity contribution in [2.45, 2.75) is 24.7 Å². The second-order valence-corrected chi connectivity index (χ2v) is 9.48. The normalized spacial score (nSPS) is 13.3. The summed E-state index contributed by atoms with van der Waals surface area (Å²) in [5.41, 5.74) is 1.50. The molecule has 0 saturated heterocycles. The third-order valence-corrected chi connectivity index (χ3v) is 6.70. The zero-order chi connectivity index (χ0) is 20.5. The van der Waals surface area contributed by atoms with Gasteiger partial charge in [0.05, 0.1) is 16.3 Å². The standard InChI is InChI=1S/C19H18BrFN2O4S/c1-12(24)23-8-6-13-10-15(3-5-18(13)23)28(26,27)9-7-19(25)22-17-4-2-14(20)11-16(17)21/h2-5,10-11H,6-9H2,1H3,(H,22,25). The number of nitrogens with one attached hydrogen (secondary N) is 1. The number of fused-ring (bicyclic) bond motifs is 1. The Morgan fingerprint density at radius 2 is 1.96 bits per heavy atom. The van der Waals surface area contributed by atoms with E-state index in [4.69, 9.17) is 0 Å². The molecule has 2 amide bonds. The number of carbonyl (C=O) groups excluding carboxylic acids is 2. The molecule has 9 heteroatoms. The van der Waals surface area contributed by atoms with Crippen molar-refractivity contribution < 1.29 is 22.4 Å². The summed E-state index contributed by atoms with van der Waals surface area (Å²) in [4.78, 5) is 25.3. The third kappa shape index (κ3) is 4.41. The van der Waals surface area contributed by atoms with E-state index in [9.17, 15) is 22.4 Å². The average molecular weight is 469 g/mol. The van der Waals surface area contributed by atoms with Crippen molar-refractivity contribution in [3.05, 3.63) is 52.3 Å². The second kappa shape index (κ2) is 8.00. The average Bonchev–Trinajstić information content (AvgIpc) is 3.06. The first-order chi connectivity index (χ1) is 13.2. The summed E-state index contributed by atoms with van der Waals surface area (Å²) in [5.74, 6) is -1.69. The van der Waals surface area contributed by atoms with Crippen LogP contribution in [0.25, 0.3) is 0 Å². The molecule has 0 fully saturated rings. The van der Waals surface area contributed by atoms with Crippen LogP contribution in [0.3, 0.4) is 0 Å². The van der Waals surface area contributed by atoms with Crippen molar-refractivity contribution in [1.82, 2.24) is 0 Å². The van der Waals surface area contributed by atoms with Crippen LogP contribution in [0.1, 0.15) is 18.9 Å². The Bertz CT molecular complexity index is 1060. The highest BCUT2D eigenvalue weighted by Crippen LogP contribution is 2.30. The topological polar surface area (TPSA) is 83.6 Å². The van der Waals surface area contributed by atoms with E-state index in [0.717, 1.165) is 11.3 Å². The molecule has 148 valence electrons. The molecule has 2 aromatic rings. The fourth-order valence-corrected chi connectivity index (χ4v) is 4.67. The van der Waals surface area contributed by atoms with Gasteiger partial charge in [-0.25, -0.2) is 12.8 Å². The molecule has 0 atom stereocenters. The predicted molar refractivity (Wildman–Crippen MR) is 108 cm³/mol. The molecule has 1 aliphatic rings. The van der Waals surface area contributed by atoms with Gasteiger partial charge in [0.25, 0.3) is 0 Å². The van der Waals surface area contributed by atoms with Crippen LogP contribution in [-0.4, -0.2) is 32.5 Å². The lowest BCUT2D eigenvalue weighted by molar-refractivity contribution is -0.117. The van der Waals surface area contributed by atoms with Crippen LogP contribution in [-0.2, 0) is 25.8 Å². The largest absolute Gasteiger partial charge is 0.324 e. The summed E-state index contributed by atoms with van der Waals surface area (Å²) in [7, 11) is -3.69. The molecule has 0 unspecified atom stereocenters. The number of halogens is 2. The first kappa shape index (κ1) is 20.5. The number of hydrogen-bond acceptors (Lipinski definition) is 4. The Morgan fingerprint density at radius 3 is 2.64 bits per heavy atom. The Balaban J connectivity index is 1.67. The maximum atomic E-state index is 13.8. The molecule has 0 saturated carbocycles. The zero-order valence-corrected chi connectivity index (χ0v) is 17.4. The maximum Gasteiger partial charge on any atom is 0.225 e. The molecule has 3 rings (SSSR count). The number of rotatable bonds is 5. The monoisotopic (exact) mass is 468 g/mol. The first-order valence-electron chi connectivity index (χ1n) is 8.56. The van der Waals surface area contributed by atoms with E-state index >= 15 is 0 Å². The summed E-state index contributed by atoms with van der Waals surface area (Å²) in [5, 5.41) is 2.38. The van der Waals surface area contributed by atoms with Gasteiger partial charge >= 0.3 is 0 Å². The summed E-state index contributed by atoms with van der Waals surface area (Å²) in [6.07, 6.45) is 0.288. The van der Waals surface area contributed by atoms with E-state index in [1.54, 1.807) is 23.1 Å². The van der Waals surface area contributed by atoms with Crippen molar-refractivity contribution in [1.29, 1.82) is 0 Å². The highest BCUT2D eigenvalue weighted by molar-refractivity contribution is 9.10. The van der Waals surface area contributed by atoms with Gasteiger partial charge in [0.15, 0.2) is 9.84 Å². The third-order valence-electron chi connectivity index (χ3n) is 4.49. The Labute approximate surface area is 170 Å². The molecule has 6 nitrogen and oxygen atoms in total. The number of anilines is 2. The quantitative estimate of drug-likeness (QED) is 0.729. The number of benzene rings is 2. The van der Waals surface area contributed by atoms with Gasteiger partial charge in [-0.2, -0.15) is 0 Å². The summed E-state index contributed by atoms with van der Waals surface area (Å²) < 4.78 is 39.5. The van der Waals surface area contributed by atoms with Gasteiger partial charge in [-0.1, -0.05) is 15.9 Å². The molecular formula is C19H18BrFN2O4S. The maximum absolute atomic E-state index is 13.8. The van der Waals surface area contributed by atoms with E-state index in [1.807, 2.05) is 0 Å². The summed E-state index contributed by atoms with van der Waals surface area (Å²) in [6, 6.07) is 8.80. The van der Waals surface area contributed by atoms with Crippen LogP contribution < -0.4 is 10.2 Å². The highest BCUT2D eigenvalue weighted by Gasteiger charge is 2.25. The number of hydrogen-bond donors (Lipinski definition) is 1. The lowest BCUT2D eigenvalue weighted by atomic mass is 10.2. The zero-order valence-electron chi connectivity index (χ0n) is 15.0. The first-order valence-corrected chi connectivity index (χ1v) is 11.0. The lowest BCUT2D eigenvalue weighted by Gasteiger charge is -2.15. The minimum absolute atomic E-state index is 0.00699. The molecule has 1 N–H and O–H groups in total. The van der Waals surface area contributed by atoms with Gasteiger partial charge in [-0.15, -0.1) is 0 Å². The van der Waals surface area contributed by atoms with Crippen molar-refractivity contribution in [3.63, 3.8) is 0 Å². The van der Waals surface area contributed by atoms with Crippen LogP contribution in [0.4, 0.5) is 15.8 Å². The molecule has 1 aliphatic heterocycles. The number of nitrogens with zero attached hydrogens (tertiary/aromatic N) is 1. The lowest BCUT2D eigenvalue weighted by Crippen LogP contribution is -2.25. The van der Waals surface area contributed by atoms with E-state index < -0.39 is 27.3 Å². The smallest absolute Gasteiger partial charge is 0.225 e. The molecule has 0 aromatic heterocycles. The van der Waals surface area contributed by atoms with Gasteiger partial charge in [0.2, 0.25) is 11.8 Å². The van der Waals surface area contributed by atoms with Crippen molar-refractivity contribution in [2.75, 3.05) is 22.5 Å².